The highest BCUT2D eigenvalue weighted by atomic mass is 35.5. The number of Topliss-reactive ketones (excluding diaryl/α,β-unsaturated/α-hetero) is 1. The minimum Gasteiger partial charge on any atom is -0.497 e. The number of methoxy groups -OCH3 is 1. The standard InChI is InChI=1S/C34H33ClF6N4O6/c1-18(2)26(28(46)34(40,41)32(50)42-17-33(37,38)39)44-31(49)27(20-10-12-24(51-3)13-11-20)45-30(48)25(15-19-6-4-8-22(35)14-19)43-29(47)21-7-5-9-23(36)16-21/h4-14,16,18,25-27H,15,17H2,1-3H3,(H,42,50)(H,43,47)(H,44,49)(H,45,48)/t25-,26-,27-/m0/s1. The van der Waals surface area contributed by atoms with Crippen LogP contribution < -0.4 is 26.0 Å². The summed E-state index contributed by atoms with van der Waals surface area (Å²) >= 11 is 6.10. The number of ether oxygens (including phenoxy) is 1. The fourth-order valence-corrected chi connectivity index (χ4v) is 4.90. The maximum Gasteiger partial charge on any atom is 0.405 e. The third-order valence-electron chi connectivity index (χ3n) is 7.33. The van der Waals surface area contributed by atoms with E-state index < -0.39 is 77.9 Å². The van der Waals surface area contributed by atoms with Gasteiger partial charge >= 0.3 is 12.1 Å². The van der Waals surface area contributed by atoms with Crippen LogP contribution in [0.2, 0.25) is 5.02 Å². The summed E-state index contributed by atoms with van der Waals surface area (Å²) in [6.07, 6.45) is -5.25. The second-order valence-corrected chi connectivity index (χ2v) is 12.0. The van der Waals surface area contributed by atoms with Gasteiger partial charge in [0.25, 0.3) is 11.8 Å². The van der Waals surface area contributed by atoms with Crippen molar-refractivity contribution in [2.45, 2.75) is 50.5 Å². The summed E-state index contributed by atoms with van der Waals surface area (Å²) < 4.78 is 86.3. The van der Waals surface area contributed by atoms with E-state index in [9.17, 15) is 50.3 Å². The molecule has 4 amide bonds. The molecular formula is C34H33ClF6N4O6. The maximum absolute atomic E-state index is 14.9. The van der Waals surface area contributed by atoms with Gasteiger partial charge in [-0.05, 0) is 59.5 Å². The van der Waals surface area contributed by atoms with Crippen LogP contribution >= 0.6 is 11.6 Å². The summed E-state index contributed by atoms with van der Waals surface area (Å²) in [5.41, 5.74) is 0.371. The maximum atomic E-state index is 14.9. The van der Waals surface area contributed by atoms with E-state index in [1.165, 1.54) is 63.4 Å². The molecule has 274 valence electrons. The lowest BCUT2D eigenvalue weighted by atomic mass is 9.94. The second kappa shape index (κ2) is 17.2. The zero-order valence-corrected chi connectivity index (χ0v) is 28.0. The fraction of sp³-hybridized carbons (Fsp3) is 0.324. The van der Waals surface area contributed by atoms with E-state index in [4.69, 9.17) is 16.3 Å². The molecule has 3 atom stereocenters. The third kappa shape index (κ3) is 11.5. The first kappa shape index (κ1) is 40.3. The highest BCUT2D eigenvalue weighted by molar-refractivity contribution is 6.30. The second-order valence-electron chi connectivity index (χ2n) is 11.6. The summed E-state index contributed by atoms with van der Waals surface area (Å²) in [4.78, 5) is 65.6. The van der Waals surface area contributed by atoms with Crippen molar-refractivity contribution in [2.24, 2.45) is 5.92 Å². The molecule has 3 rings (SSSR count). The number of nitrogens with one attached hydrogen (secondary N) is 4. The van der Waals surface area contributed by atoms with Crippen LogP contribution in [-0.2, 0) is 25.6 Å². The fourth-order valence-electron chi connectivity index (χ4n) is 4.69. The summed E-state index contributed by atoms with van der Waals surface area (Å²) in [7, 11) is 1.35. The van der Waals surface area contributed by atoms with Gasteiger partial charge in [-0.15, -0.1) is 0 Å². The topological polar surface area (TPSA) is 143 Å². The van der Waals surface area contributed by atoms with Crippen LogP contribution in [0.25, 0.3) is 0 Å². The molecule has 0 radical (unpaired) electrons. The monoisotopic (exact) mass is 742 g/mol. The Morgan fingerprint density at radius 1 is 0.824 bits per heavy atom. The number of rotatable bonds is 15. The molecule has 0 aromatic heterocycles. The van der Waals surface area contributed by atoms with Gasteiger partial charge in [-0.3, -0.25) is 24.0 Å². The molecule has 10 nitrogen and oxygen atoms in total. The zero-order chi connectivity index (χ0) is 38.1. The van der Waals surface area contributed by atoms with Crippen LogP contribution in [0.15, 0.2) is 72.8 Å². The van der Waals surface area contributed by atoms with E-state index in [1.54, 1.807) is 18.2 Å². The number of amides is 4. The van der Waals surface area contributed by atoms with E-state index in [0.29, 0.717) is 16.3 Å². The molecule has 0 unspecified atom stereocenters. The third-order valence-corrected chi connectivity index (χ3v) is 7.56. The van der Waals surface area contributed by atoms with Gasteiger partial charge in [-0.25, -0.2) is 4.39 Å². The normalized spacial score (nSPS) is 13.4. The Hall–Kier alpha value is -5.12. The van der Waals surface area contributed by atoms with Gasteiger partial charge < -0.3 is 26.0 Å². The van der Waals surface area contributed by atoms with Crippen LogP contribution in [0.3, 0.4) is 0 Å². The number of benzene rings is 3. The van der Waals surface area contributed by atoms with Crippen molar-refractivity contribution in [3.8, 4) is 5.75 Å². The van der Waals surface area contributed by atoms with E-state index in [-0.39, 0.29) is 17.5 Å². The highest BCUT2D eigenvalue weighted by Gasteiger charge is 2.52. The first-order valence-corrected chi connectivity index (χ1v) is 15.5. The number of hydrogen-bond donors (Lipinski definition) is 4. The molecule has 0 heterocycles. The van der Waals surface area contributed by atoms with Crippen LogP contribution in [0.5, 0.6) is 5.75 Å². The van der Waals surface area contributed by atoms with Gasteiger partial charge in [-0.1, -0.05) is 55.8 Å². The van der Waals surface area contributed by atoms with Crippen molar-refractivity contribution < 1.29 is 55.1 Å². The molecule has 0 spiro atoms. The highest BCUT2D eigenvalue weighted by Crippen LogP contribution is 2.24. The van der Waals surface area contributed by atoms with Gasteiger partial charge in [0.2, 0.25) is 17.6 Å². The lowest BCUT2D eigenvalue weighted by Gasteiger charge is -2.28. The zero-order valence-electron chi connectivity index (χ0n) is 27.2. The van der Waals surface area contributed by atoms with Gasteiger partial charge in [0.1, 0.15) is 30.2 Å². The Morgan fingerprint density at radius 3 is 2.04 bits per heavy atom. The van der Waals surface area contributed by atoms with Gasteiger partial charge in [0.15, 0.2) is 0 Å². The number of ketones is 1. The Labute approximate surface area is 293 Å². The van der Waals surface area contributed by atoms with E-state index in [0.717, 1.165) is 17.4 Å². The predicted molar refractivity (Wildman–Crippen MR) is 172 cm³/mol. The molecule has 51 heavy (non-hydrogen) atoms. The summed E-state index contributed by atoms with van der Waals surface area (Å²) in [6.45, 7) is 0.331. The van der Waals surface area contributed by atoms with Crippen LogP contribution in [0.4, 0.5) is 26.3 Å². The van der Waals surface area contributed by atoms with Crippen molar-refractivity contribution in [1.29, 1.82) is 0 Å². The number of halogens is 7. The number of carbonyl (C=O) groups is 5. The average Bonchev–Trinajstić information content (AvgIpc) is 3.07. The molecule has 0 aliphatic rings. The smallest absolute Gasteiger partial charge is 0.405 e. The minimum absolute atomic E-state index is 0.0456. The van der Waals surface area contributed by atoms with Crippen molar-refractivity contribution in [1.82, 2.24) is 21.3 Å². The lowest BCUT2D eigenvalue weighted by molar-refractivity contribution is -0.165. The van der Waals surface area contributed by atoms with Gasteiger partial charge in [0.05, 0.1) is 13.2 Å². The Kier molecular flexibility index (Phi) is 13.6. The van der Waals surface area contributed by atoms with Crippen molar-refractivity contribution in [2.75, 3.05) is 13.7 Å². The molecule has 0 aliphatic heterocycles. The van der Waals surface area contributed by atoms with Crippen molar-refractivity contribution >= 4 is 41.0 Å². The van der Waals surface area contributed by atoms with Crippen LogP contribution in [-0.4, -0.2) is 67.2 Å². The van der Waals surface area contributed by atoms with E-state index in [2.05, 4.69) is 16.0 Å². The number of hydrogen-bond acceptors (Lipinski definition) is 6. The molecule has 0 saturated carbocycles. The molecule has 3 aromatic carbocycles. The summed E-state index contributed by atoms with van der Waals surface area (Å²) in [5.74, 6) is -14.3. The van der Waals surface area contributed by atoms with Crippen molar-refractivity contribution in [3.63, 3.8) is 0 Å². The molecule has 0 aliphatic carbocycles. The molecule has 4 N–H and O–H groups in total. The van der Waals surface area contributed by atoms with Crippen LogP contribution in [0, 0.1) is 11.7 Å². The SMILES string of the molecule is COc1ccc([C@H](NC(=O)[C@H](Cc2cccc(Cl)c2)NC(=O)c2cccc(F)c2)C(=O)N[C@H](C(=O)C(F)(F)C(=O)NCC(F)(F)F)C(C)C)cc1. The quantitative estimate of drug-likeness (QED) is 0.131. The Balaban J connectivity index is 1.97. The van der Waals surface area contributed by atoms with E-state index in [1.807, 2.05) is 0 Å². The molecule has 17 heteroatoms. The largest absolute Gasteiger partial charge is 0.497 e. The van der Waals surface area contributed by atoms with Gasteiger partial charge in [-0.2, -0.15) is 22.0 Å². The number of alkyl halides is 5. The predicted octanol–water partition coefficient (Wildman–Crippen LogP) is 4.71. The molecule has 0 bridgehead atoms. The van der Waals surface area contributed by atoms with E-state index >= 15 is 0 Å². The first-order chi connectivity index (χ1) is 23.8. The molecule has 0 fully saturated rings. The molecule has 0 saturated heterocycles. The van der Waals surface area contributed by atoms with Crippen LogP contribution in [0.1, 0.15) is 41.4 Å². The average molecular weight is 743 g/mol. The Morgan fingerprint density at radius 2 is 1.47 bits per heavy atom. The molecule has 3 aromatic rings. The first-order valence-electron chi connectivity index (χ1n) is 15.1. The lowest BCUT2D eigenvalue weighted by Crippen LogP contribution is -2.58. The Bertz CT molecular complexity index is 1740. The van der Waals surface area contributed by atoms with Crippen molar-refractivity contribution in [3.05, 3.63) is 100 Å². The van der Waals surface area contributed by atoms with Gasteiger partial charge in [0, 0.05) is 17.0 Å². The number of carbonyl (C=O) groups excluding carboxylic acids is 5. The molecular weight excluding hydrogens is 710 g/mol. The minimum atomic E-state index is -5.05. The summed E-state index contributed by atoms with van der Waals surface area (Å²) in [6, 6.07) is 11.0. The summed E-state index contributed by atoms with van der Waals surface area (Å²) in [5, 5.41) is 8.27.